The van der Waals surface area contributed by atoms with Crippen molar-refractivity contribution in [2.75, 3.05) is 26.2 Å². The van der Waals surface area contributed by atoms with E-state index in [0.29, 0.717) is 34.7 Å². The minimum atomic E-state index is -0.127. The molecule has 0 aromatic heterocycles. The average molecular weight is 495 g/mol. The van der Waals surface area contributed by atoms with Crippen LogP contribution in [0.1, 0.15) is 37.3 Å². The van der Waals surface area contributed by atoms with Crippen molar-refractivity contribution in [1.82, 2.24) is 9.80 Å². The van der Waals surface area contributed by atoms with Gasteiger partial charge in [0.05, 0.1) is 11.5 Å². The Labute approximate surface area is 211 Å². The first-order chi connectivity index (χ1) is 16.5. The lowest BCUT2D eigenvalue weighted by atomic mass is 9.90. The van der Waals surface area contributed by atoms with Gasteiger partial charge < -0.3 is 9.64 Å². The van der Waals surface area contributed by atoms with Gasteiger partial charge in [-0.2, -0.15) is 0 Å². The highest BCUT2D eigenvalue weighted by molar-refractivity contribution is 8.26. The first-order valence-corrected chi connectivity index (χ1v) is 13.1. The van der Waals surface area contributed by atoms with Crippen LogP contribution in [0.5, 0.6) is 5.75 Å². The molecule has 34 heavy (non-hydrogen) atoms. The molecule has 2 aromatic rings. The summed E-state index contributed by atoms with van der Waals surface area (Å²) in [6.45, 7) is 4.45. The molecule has 178 valence electrons. The molecular weight excluding hydrogens is 464 g/mol. The highest BCUT2D eigenvalue weighted by Gasteiger charge is 2.33. The molecule has 0 unspecified atom stereocenters. The van der Waals surface area contributed by atoms with Gasteiger partial charge in [0.15, 0.2) is 0 Å². The molecule has 7 heteroatoms. The molecule has 0 atom stereocenters. The molecule has 0 bridgehead atoms. The SMILES string of the molecule is CCOc1ccc(C=C2SC(=S)N(CCC(=O)N3CCC(Cc4ccccc4)CC3)C2=O)cc1. The van der Waals surface area contributed by atoms with Gasteiger partial charge in [0, 0.05) is 26.1 Å². The van der Waals surface area contributed by atoms with E-state index in [0.717, 1.165) is 43.7 Å². The summed E-state index contributed by atoms with van der Waals surface area (Å²) >= 11 is 6.73. The number of carbonyl (C=O) groups excluding carboxylic acids is 2. The average Bonchev–Trinajstić information content (AvgIpc) is 3.12. The van der Waals surface area contributed by atoms with E-state index in [1.165, 1.54) is 17.3 Å². The van der Waals surface area contributed by atoms with Gasteiger partial charge in [0.2, 0.25) is 5.91 Å². The van der Waals surface area contributed by atoms with E-state index in [4.69, 9.17) is 17.0 Å². The predicted molar refractivity (Wildman–Crippen MR) is 142 cm³/mol. The van der Waals surface area contributed by atoms with E-state index in [9.17, 15) is 9.59 Å². The van der Waals surface area contributed by atoms with Crippen LogP contribution in [0, 0.1) is 5.92 Å². The zero-order valence-corrected chi connectivity index (χ0v) is 21.1. The molecule has 2 aliphatic heterocycles. The van der Waals surface area contributed by atoms with E-state index in [1.54, 1.807) is 4.90 Å². The molecule has 0 spiro atoms. The van der Waals surface area contributed by atoms with Crippen LogP contribution in [0.15, 0.2) is 59.5 Å². The Kier molecular flexibility index (Phi) is 8.40. The number of nitrogens with zero attached hydrogens (tertiary/aromatic N) is 2. The first-order valence-electron chi connectivity index (χ1n) is 11.8. The number of piperidine rings is 1. The summed E-state index contributed by atoms with van der Waals surface area (Å²) in [7, 11) is 0. The Morgan fingerprint density at radius 1 is 1.12 bits per heavy atom. The molecule has 0 saturated carbocycles. The summed E-state index contributed by atoms with van der Waals surface area (Å²) in [5.74, 6) is 1.39. The van der Waals surface area contributed by atoms with Gasteiger partial charge in [-0.25, -0.2) is 0 Å². The second-order valence-corrected chi connectivity index (χ2v) is 10.3. The fourth-order valence-corrected chi connectivity index (χ4v) is 5.68. The van der Waals surface area contributed by atoms with Crippen LogP contribution < -0.4 is 4.74 Å². The fourth-order valence-electron chi connectivity index (χ4n) is 4.37. The quantitative estimate of drug-likeness (QED) is 0.375. The maximum atomic E-state index is 12.9. The monoisotopic (exact) mass is 494 g/mol. The Balaban J connectivity index is 1.26. The van der Waals surface area contributed by atoms with E-state index < -0.39 is 0 Å². The van der Waals surface area contributed by atoms with Crippen molar-refractivity contribution in [2.24, 2.45) is 5.92 Å². The van der Waals surface area contributed by atoms with Gasteiger partial charge >= 0.3 is 0 Å². The van der Waals surface area contributed by atoms with Crippen molar-refractivity contribution in [2.45, 2.75) is 32.6 Å². The number of likely N-dealkylation sites (tertiary alicyclic amines) is 1. The van der Waals surface area contributed by atoms with Crippen molar-refractivity contribution in [3.05, 3.63) is 70.6 Å². The van der Waals surface area contributed by atoms with Crippen molar-refractivity contribution in [1.29, 1.82) is 0 Å². The molecule has 2 fully saturated rings. The zero-order valence-electron chi connectivity index (χ0n) is 19.4. The highest BCUT2D eigenvalue weighted by Crippen LogP contribution is 2.33. The van der Waals surface area contributed by atoms with E-state index in [1.807, 2.05) is 48.2 Å². The maximum Gasteiger partial charge on any atom is 0.266 e. The minimum Gasteiger partial charge on any atom is -0.494 e. The Morgan fingerprint density at radius 3 is 2.50 bits per heavy atom. The second-order valence-electron chi connectivity index (χ2n) is 8.60. The van der Waals surface area contributed by atoms with Crippen LogP contribution in [0.3, 0.4) is 0 Å². The summed E-state index contributed by atoms with van der Waals surface area (Å²) < 4.78 is 5.98. The summed E-state index contributed by atoms with van der Waals surface area (Å²) in [5, 5.41) is 0. The molecule has 2 saturated heterocycles. The number of ether oxygens (including phenoxy) is 1. The van der Waals surface area contributed by atoms with Crippen LogP contribution in [-0.4, -0.2) is 52.2 Å². The highest BCUT2D eigenvalue weighted by atomic mass is 32.2. The van der Waals surface area contributed by atoms with Gasteiger partial charge in [-0.3, -0.25) is 14.5 Å². The number of rotatable bonds is 8. The van der Waals surface area contributed by atoms with Crippen LogP contribution >= 0.6 is 24.0 Å². The van der Waals surface area contributed by atoms with Crippen LogP contribution in [0.25, 0.3) is 6.08 Å². The van der Waals surface area contributed by atoms with E-state index in [2.05, 4.69) is 24.3 Å². The number of thiocarbonyl (C=S) groups is 1. The minimum absolute atomic E-state index is 0.0997. The molecular formula is C27H30N2O3S2. The molecule has 2 aliphatic rings. The van der Waals surface area contributed by atoms with Crippen LogP contribution in [-0.2, 0) is 16.0 Å². The summed E-state index contributed by atoms with van der Waals surface area (Å²) in [4.78, 5) is 29.8. The lowest BCUT2D eigenvalue weighted by Gasteiger charge is -2.32. The molecule has 0 N–H and O–H groups in total. The van der Waals surface area contributed by atoms with Gasteiger partial charge in [-0.1, -0.05) is 66.4 Å². The Bertz CT molecular complexity index is 1050. The normalized spacial score (nSPS) is 18.1. The summed E-state index contributed by atoms with van der Waals surface area (Å²) in [6.07, 6.45) is 5.25. The van der Waals surface area contributed by atoms with Gasteiger partial charge in [-0.15, -0.1) is 0 Å². The molecule has 2 heterocycles. The number of hydrogen-bond donors (Lipinski definition) is 0. The number of carbonyl (C=O) groups is 2. The van der Waals surface area contributed by atoms with Crippen LogP contribution in [0.2, 0.25) is 0 Å². The molecule has 5 nitrogen and oxygen atoms in total. The van der Waals surface area contributed by atoms with Crippen molar-refractivity contribution in [3.8, 4) is 5.75 Å². The molecule has 0 radical (unpaired) electrons. The van der Waals surface area contributed by atoms with E-state index in [-0.39, 0.29) is 11.8 Å². The van der Waals surface area contributed by atoms with Gasteiger partial charge in [-0.05, 0) is 61.4 Å². The van der Waals surface area contributed by atoms with Crippen molar-refractivity contribution in [3.63, 3.8) is 0 Å². The van der Waals surface area contributed by atoms with Gasteiger partial charge in [0.25, 0.3) is 5.91 Å². The Morgan fingerprint density at radius 2 is 1.82 bits per heavy atom. The van der Waals surface area contributed by atoms with Gasteiger partial charge in [0.1, 0.15) is 10.1 Å². The fraction of sp³-hybridized carbons (Fsp3) is 0.370. The predicted octanol–water partition coefficient (Wildman–Crippen LogP) is 5.16. The Hall–Kier alpha value is -2.64. The van der Waals surface area contributed by atoms with Crippen molar-refractivity contribution < 1.29 is 14.3 Å². The zero-order chi connectivity index (χ0) is 23.9. The molecule has 4 rings (SSSR count). The molecule has 0 aliphatic carbocycles. The van der Waals surface area contributed by atoms with E-state index >= 15 is 0 Å². The smallest absolute Gasteiger partial charge is 0.266 e. The third-order valence-corrected chi connectivity index (χ3v) is 7.62. The topological polar surface area (TPSA) is 49.9 Å². The third kappa shape index (κ3) is 6.27. The lowest BCUT2D eigenvalue weighted by Crippen LogP contribution is -2.41. The van der Waals surface area contributed by atoms with Crippen molar-refractivity contribution >= 4 is 46.2 Å². The molecule has 2 aromatic carbocycles. The maximum absolute atomic E-state index is 12.9. The van der Waals surface area contributed by atoms with Crippen LogP contribution in [0.4, 0.5) is 0 Å². The third-order valence-electron chi connectivity index (χ3n) is 6.25. The summed E-state index contributed by atoms with van der Waals surface area (Å²) in [6, 6.07) is 18.2. The summed E-state index contributed by atoms with van der Waals surface area (Å²) in [5.41, 5.74) is 2.28. The number of thioether (sulfide) groups is 1. The second kappa shape index (κ2) is 11.7. The molecule has 2 amide bonds. The standard InChI is InChI=1S/C27H30N2O3S2/c1-2-32-23-10-8-21(9-11-23)19-24-26(31)29(27(33)34-24)17-14-25(30)28-15-12-22(13-16-28)18-20-6-4-3-5-7-20/h3-11,19,22H,2,12-18H2,1H3. The first kappa shape index (κ1) is 24.5. The largest absolute Gasteiger partial charge is 0.494 e. The lowest BCUT2D eigenvalue weighted by molar-refractivity contribution is -0.133. The number of benzene rings is 2. The number of hydrogen-bond acceptors (Lipinski definition) is 5. The number of amides is 2.